The first-order valence-corrected chi connectivity index (χ1v) is 2.66. The minimum absolute atomic E-state index is 1.23. The summed E-state index contributed by atoms with van der Waals surface area (Å²) in [5.74, 6) is -7.59. The molecule has 0 radical (unpaired) electrons. The third kappa shape index (κ3) is 1.42. The zero-order valence-electron chi connectivity index (χ0n) is 5.56. The highest BCUT2D eigenvalue weighted by atomic mass is 19.4. The van der Waals surface area contributed by atoms with E-state index in [1.54, 1.807) is 0 Å². The van der Waals surface area contributed by atoms with Crippen LogP contribution in [0.15, 0.2) is 0 Å². The van der Waals surface area contributed by atoms with Crippen LogP contribution in [0.3, 0.4) is 0 Å². The van der Waals surface area contributed by atoms with Gasteiger partial charge in [-0.3, -0.25) is 0 Å². The summed E-state index contributed by atoms with van der Waals surface area (Å²) in [7, 11) is 0. The first kappa shape index (κ1) is 9.74. The number of hydrogen-bond donors (Lipinski definition) is 0. The van der Waals surface area contributed by atoms with Crippen LogP contribution in [0.2, 0.25) is 0 Å². The molecule has 1 rings (SSSR count). The number of hydrogen-bond acceptors (Lipinski definition) is 3. The molecule has 0 spiro atoms. The molecule has 1 aromatic rings. The topological polar surface area (TPSA) is 43.6 Å². The molecule has 0 saturated carbocycles. The lowest BCUT2D eigenvalue weighted by Crippen LogP contribution is -2.35. The van der Waals surface area contributed by atoms with Crippen LogP contribution >= 0.6 is 0 Å². The number of tetrazole rings is 1. The molecule has 4 nitrogen and oxygen atoms in total. The van der Waals surface area contributed by atoms with Crippen molar-refractivity contribution < 1.29 is 26.4 Å². The molecule has 0 aliphatic heterocycles. The molecule has 1 heterocycles. The van der Waals surface area contributed by atoms with E-state index < -0.39 is 22.8 Å². The average molecular weight is 206 g/mol. The molecule has 0 aromatic carbocycles. The monoisotopic (exact) mass is 206 g/mol. The van der Waals surface area contributed by atoms with Crippen LogP contribution in [-0.4, -0.2) is 26.6 Å². The Morgan fingerprint density at radius 1 is 1.08 bits per heavy atom. The highest BCUT2D eigenvalue weighted by molar-refractivity contribution is 4.96. The van der Waals surface area contributed by atoms with Gasteiger partial charge < -0.3 is 0 Å². The second-order valence-corrected chi connectivity index (χ2v) is 1.93. The molecule has 0 fully saturated rings. The molecule has 0 atom stereocenters. The fourth-order valence-electron chi connectivity index (χ4n) is 0.482. The van der Waals surface area contributed by atoms with Crippen molar-refractivity contribution >= 4 is 0 Å². The third-order valence-electron chi connectivity index (χ3n) is 1.07. The summed E-state index contributed by atoms with van der Waals surface area (Å²) in [4.78, 5) is -1.23. The number of alkyl halides is 5. The molecule has 74 valence electrons. The van der Waals surface area contributed by atoms with E-state index in [1.165, 1.54) is 0 Å². The maximum Gasteiger partial charge on any atom is 0.461 e. The molecule has 1 aromatic heterocycles. The van der Waals surface area contributed by atoms with Gasteiger partial charge >= 0.3 is 12.1 Å². The van der Waals surface area contributed by atoms with E-state index in [-0.39, 0.29) is 0 Å². The van der Waals surface area contributed by atoms with Crippen LogP contribution in [0.5, 0.6) is 0 Å². The molecule has 0 aliphatic carbocycles. The highest BCUT2D eigenvalue weighted by Crippen LogP contribution is 2.42. The van der Waals surface area contributed by atoms with E-state index in [9.17, 15) is 26.4 Å². The van der Waals surface area contributed by atoms with Gasteiger partial charge in [0.05, 0.1) is 0 Å². The van der Waals surface area contributed by atoms with Gasteiger partial charge in [0.1, 0.15) is 0 Å². The van der Waals surface area contributed by atoms with Gasteiger partial charge in [0.25, 0.3) is 5.82 Å². The van der Waals surface area contributed by atoms with Crippen LogP contribution in [0, 0.1) is 0 Å². The molecule has 0 saturated heterocycles. The minimum Gasteiger partial charge on any atom is -0.187 e. The van der Waals surface area contributed by atoms with Crippen molar-refractivity contribution in [3.05, 3.63) is 5.82 Å². The minimum atomic E-state index is -5.93. The normalized spacial score (nSPS) is 13.4. The third-order valence-corrected chi connectivity index (χ3v) is 1.07. The fourth-order valence-corrected chi connectivity index (χ4v) is 0.482. The smallest absolute Gasteiger partial charge is 0.187 e. The van der Waals surface area contributed by atoms with E-state index in [4.69, 9.17) is 0 Å². The first-order valence-electron chi connectivity index (χ1n) is 2.66. The maximum atomic E-state index is 12.2. The summed E-state index contributed by atoms with van der Waals surface area (Å²) in [6.45, 7) is 0. The lowest BCUT2D eigenvalue weighted by molar-refractivity contribution is -0.295. The fraction of sp³-hybridized carbons (Fsp3) is 0.667. The van der Waals surface area contributed by atoms with Crippen molar-refractivity contribution in [3.63, 3.8) is 0 Å². The standard InChI is InChI=1S/C3F6N4/c4-2(5,3(6,7)8)1-10-11-12-13(1)9. The Kier molecular flexibility index (Phi) is 1.92. The predicted molar refractivity (Wildman–Crippen MR) is 24.3 cm³/mol. The Balaban J connectivity index is 3.15. The van der Waals surface area contributed by atoms with Gasteiger partial charge in [0.15, 0.2) is 0 Å². The summed E-state index contributed by atoms with van der Waals surface area (Å²) in [6, 6.07) is 0. The SMILES string of the molecule is Fn1nnnc1C(F)(F)C(F)(F)F. The van der Waals surface area contributed by atoms with Gasteiger partial charge in [0, 0.05) is 0 Å². The van der Waals surface area contributed by atoms with Crippen LogP contribution < -0.4 is 0 Å². The largest absolute Gasteiger partial charge is 0.461 e. The first-order chi connectivity index (χ1) is 5.77. The van der Waals surface area contributed by atoms with E-state index in [2.05, 4.69) is 15.5 Å². The Morgan fingerprint density at radius 2 is 1.62 bits per heavy atom. The van der Waals surface area contributed by atoms with Crippen LogP contribution in [0.25, 0.3) is 0 Å². The van der Waals surface area contributed by atoms with Gasteiger partial charge in [-0.1, -0.05) is 9.39 Å². The van der Waals surface area contributed by atoms with Gasteiger partial charge in [-0.15, -0.1) is 5.10 Å². The Labute approximate surface area is 66.1 Å². The zero-order valence-corrected chi connectivity index (χ0v) is 5.56. The molecular weight excluding hydrogens is 206 g/mol. The quantitative estimate of drug-likeness (QED) is 0.645. The maximum absolute atomic E-state index is 12.2. The Hall–Kier alpha value is -1.35. The Morgan fingerprint density at radius 3 is 1.92 bits per heavy atom. The summed E-state index contributed by atoms with van der Waals surface area (Å²) in [5, 5.41) is 6.73. The van der Waals surface area contributed by atoms with Gasteiger partial charge in [-0.05, 0) is 10.4 Å². The zero-order chi connectivity index (χ0) is 10.3. The molecule has 0 unspecified atom stereocenters. The van der Waals surface area contributed by atoms with Crippen LogP contribution in [-0.2, 0) is 5.92 Å². The molecule has 0 N–H and O–H groups in total. The van der Waals surface area contributed by atoms with Crippen molar-refractivity contribution in [3.8, 4) is 0 Å². The van der Waals surface area contributed by atoms with E-state index in [0.717, 1.165) is 0 Å². The van der Waals surface area contributed by atoms with Gasteiger partial charge in [0.2, 0.25) is 0 Å². The van der Waals surface area contributed by atoms with Gasteiger partial charge in [-0.2, -0.15) is 22.0 Å². The molecule has 0 amide bonds. The van der Waals surface area contributed by atoms with Crippen molar-refractivity contribution in [2.45, 2.75) is 12.1 Å². The van der Waals surface area contributed by atoms with Crippen molar-refractivity contribution in [2.75, 3.05) is 0 Å². The molecular formula is C3F6N4. The Bertz CT molecular complexity index is 301. The number of halogens is 6. The summed E-state index contributed by atoms with van der Waals surface area (Å²) < 4.78 is 71.2. The van der Waals surface area contributed by atoms with E-state index >= 15 is 0 Å². The van der Waals surface area contributed by atoms with Crippen LogP contribution in [0.1, 0.15) is 5.82 Å². The summed E-state index contributed by atoms with van der Waals surface area (Å²) in [5.41, 5.74) is 0. The van der Waals surface area contributed by atoms with Gasteiger partial charge in [-0.25, -0.2) is 0 Å². The number of rotatable bonds is 1. The highest BCUT2D eigenvalue weighted by Gasteiger charge is 2.62. The summed E-state index contributed by atoms with van der Waals surface area (Å²) in [6.07, 6.45) is -5.93. The number of aromatic nitrogens is 4. The lowest BCUT2D eigenvalue weighted by Gasteiger charge is -2.15. The van der Waals surface area contributed by atoms with Crippen molar-refractivity contribution in [1.29, 1.82) is 0 Å². The average Bonchev–Trinajstić information content (AvgIpc) is 2.32. The molecule has 0 aliphatic rings. The predicted octanol–water partition coefficient (Wildman–Crippen LogP) is 1.06. The second kappa shape index (κ2) is 2.57. The van der Waals surface area contributed by atoms with E-state index in [1.807, 2.05) is 0 Å². The van der Waals surface area contributed by atoms with Crippen LogP contribution in [0.4, 0.5) is 26.4 Å². The van der Waals surface area contributed by atoms with E-state index in [0.29, 0.717) is 0 Å². The molecule has 13 heavy (non-hydrogen) atoms. The summed E-state index contributed by atoms with van der Waals surface area (Å²) >= 11 is 0. The van der Waals surface area contributed by atoms with Crippen molar-refractivity contribution in [2.24, 2.45) is 0 Å². The molecule has 10 heteroatoms. The molecule has 0 bridgehead atoms. The number of nitrogens with zero attached hydrogens (tertiary/aromatic N) is 4. The lowest BCUT2D eigenvalue weighted by atomic mass is 10.3. The second-order valence-electron chi connectivity index (χ2n) is 1.93. The van der Waals surface area contributed by atoms with Crippen molar-refractivity contribution in [1.82, 2.24) is 20.4 Å².